The third-order valence-electron chi connectivity index (χ3n) is 4.46. The molecule has 2 aromatic carbocycles. The summed E-state index contributed by atoms with van der Waals surface area (Å²) in [5.74, 6) is 0.342. The Morgan fingerprint density at radius 2 is 2.12 bits per heavy atom. The van der Waals surface area contributed by atoms with Gasteiger partial charge < -0.3 is 10.2 Å². The van der Waals surface area contributed by atoms with Gasteiger partial charge in [-0.2, -0.15) is 5.26 Å². The van der Waals surface area contributed by atoms with Crippen LogP contribution in [0.4, 0.5) is 5.69 Å². The molecule has 0 bridgehead atoms. The van der Waals surface area contributed by atoms with Crippen LogP contribution in [0.25, 0.3) is 0 Å². The van der Waals surface area contributed by atoms with Crippen LogP contribution in [-0.4, -0.2) is 25.5 Å². The third kappa shape index (κ3) is 3.75. The Morgan fingerprint density at radius 1 is 1.29 bits per heavy atom. The number of nitriles is 1. The Labute approximate surface area is 142 Å². The average molecular weight is 319 g/mol. The van der Waals surface area contributed by atoms with Gasteiger partial charge in [-0.1, -0.05) is 18.2 Å². The number of rotatable bonds is 4. The molecule has 0 aliphatic carbocycles. The number of benzene rings is 2. The lowest BCUT2D eigenvalue weighted by atomic mass is 10.1. The first kappa shape index (κ1) is 16.1. The van der Waals surface area contributed by atoms with E-state index in [0.717, 1.165) is 19.5 Å². The Balaban J connectivity index is 1.54. The smallest absolute Gasteiger partial charge is 0.251 e. The van der Waals surface area contributed by atoms with Gasteiger partial charge in [0, 0.05) is 30.9 Å². The minimum absolute atomic E-state index is 0.110. The van der Waals surface area contributed by atoms with Crippen LogP contribution in [0.5, 0.6) is 0 Å². The lowest BCUT2D eigenvalue weighted by Crippen LogP contribution is -2.31. The van der Waals surface area contributed by atoms with Gasteiger partial charge in [0.05, 0.1) is 11.6 Å². The fourth-order valence-corrected chi connectivity index (χ4v) is 3.13. The van der Waals surface area contributed by atoms with Crippen molar-refractivity contribution in [2.75, 3.05) is 24.5 Å². The molecule has 3 rings (SSSR count). The number of nitrogens with one attached hydrogen (secondary N) is 1. The molecule has 1 fully saturated rings. The zero-order valence-electron chi connectivity index (χ0n) is 13.8. The van der Waals surface area contributed by atoms with E-state index in [1.165, 1.54) is 11.3 Å². The number of anilines is 1. The van der Waals surface area contributed by atoms with Gasteiger partial charge in [-0.25, -0.2) is 0 Å². The first-order valence-electron chi connectivity index (χ1n) is 8.25. The van der Waals surface area contributed by atoms with E-state index in [4.69, 9.17) is 5.26 Å². The zero-order valence-corrected chi connectivity index (χ0v) is 13.8. The average Bonchev–Trinajstić information content (AvgIpc) is 3.09. The van der Waals surface area contributed by atoms with Crippen LogP contribution in [0.2, 0.25) is 0 Å². The Morgan fingerprint density at radius 3 is 2.92 bits per heavy atom. The molecule has 1 amide bonds. The van der Waals surface area contributed by atoms with E-state index in [2.05, 4.69) is 47.5 Å². The molecule has 4 nitrogen and oxygen atoms in total. The molecule has 2 aromatic rings. The molecule has 1 atom stereocenters. The van der Waals surface area contributed by atoms with Gasteiger partial charge in [-0.15, -0.1) is 0 Å². The van der Waals surface area contributed by atoms with Gasteiger partial charge in [0.25, 0.3) is 5.91 Å². The maximum absolute atomic E-state index is 12.2. The predicted octanol–water partition coefficient (Wildman–Crippen LogP) is 3.12. The number of amides is 1. The molecule has 1 saturated heterocycles. The molecule has 0 radical (unpaired) electrons. The molecule has 0 aromatic heterocycles. The van der Waals surface area contributed by atoms with Gasteiger partial charge in [-0.3, -0.25) is 4.79 Å². The number of hydrogen-bond donors (Lipinski definition) is 1. The highest BCUT2D eigenvalue weighted by Gasteiger charge is 2.23. The molecular formula is C20H21N3O. The summed E-state index contributed by atoms with van der Waals surface area (Å²) in [6, 6.07) is 17.4. The van der Waals surface area contributed by atoms with Gasteiger partial charge in [0.2, 0.25) is 0 Å². The fraction of sp³-hybridized carbons (Fsp3) is 0.300. The van der Waals surface area contributed by atoms with Crippen LogP contribution in [0.15, 0.2) is 48.5 Å². The summed E-state index contributed by atoms with van der Waals surface area (Å²) in [6.45, 7) is 4.75. The van der Waals surface area contributed by atoms with Crippen molar-refractivity contribution in [1.29, 1.82) is 5.26 Å². The quantitative estimate of drug-likeness (QED) is 0.942. The second-order valence-corrected chi connectivity index (χ2v) is 6.34. The summed E-state index contributed by atoms with van der Waals surface area (Å²) in [4.78, 5) is 14.6. The highest BCUT2D eigenvalue weighted by molar-refractivity contribution is 5.94. The summed E-state index contributed by atoms with van der Waals surface area (Å²) in [5.41, 5.74) is 3.57. The molecule has 122 valence electrons. The van der Waals surface area contributed by atoms with Crippen molar-refractivity contribution in [3.05, 3.63) is 65.2 Å². The maximum Gasteiger partial charge on any atom is 0.251 e. The van der Waals surface area contributed by atoms with Crippen LogP contribution < -0.4 is 10.2 Å². The second-order valence-electron chi connectivity index (χ2n) is 6.34. The Hall–Kier alpha value is -2.80. The minimum Gasteiger partial charge on any atom is -0.371 e. The minimum atomic E-state index is -0.110. The van der Waals surface area contributed by atoms with Crippen LogP contribution >= 0.6 is 0 Å². The van der Waals surface area contributed by atoms with E-state index in [1.807, 2.05) is 0 Å². The normalized spacial score (nSPS) is 16.7. The van der Waals surface area contributed by atoms with Gasteiger partial charge in [0.15, 0.2) is 0 Å². The van der Waals surface area contributed by atoms with E-state index >= 15 is 0 Å². The molecule has 1 N–H and O–H groups in total. The van der Waals surface area contributed by atoms with Crippen LogP contribution in [-0.2, 0) is 0 Å². The van der Waals surface area contributed by atoms with Gasteiger partial charge >= 0.3 is 0 Å². The number of nitrogens with zero attached hydrogens (tertiary/aromatic N) is 2. The van der Waals surface area contributed by atoms with Crippen molar-refractivity contribution in [1.82, 2.24) is 5.32 Å². The largest absolute Gasteiger partial charge is 0.371 e. The van der Waals surface area contributed by atoms with E-state index in [-0.39, 0.29) is 5.91 Å². The van der Waals surface area contributed by atoms with Gasteiger partial charge in [0.1, 0.15) is 0 Å². The molecule has 1 aliphatic heterocycles. The van der Waals surface area contributed by atoms with Crippen molar-refractivity contribution < 1.29 is 4.79 Å². The topological polar surface area (TPSA) is 56.1 Å². The lowest BCUT2D eigenvalue weighted by molar-refractivity contribution is 0.0948. The van der Waals surface area contributed by atoms with Crippen molar-refractivity contribution in [3.8, 4) is 6.07 Å². The summed E-state index contributed by atoms with van der Waals surface area (Å²) in [7, 11) is 0. The lowest BCUT2D eigenvalue weighted by Gasteiger charge is -2.19. The fourth-order valence-electron chi connectivity index (χ4n) is 3.13. The number of hydrogen-bond acceptors (Lipinski definition) is 3. The standard InChI is InChI=1S/C20H21N3O/c1-15-4-2-7-19(10-15)23-9-8-17(14-23)13-22-20(24)18-6-3-5-16(11-18)12-21/h2-7,10-11,17H,8-9,13-14H2,1H3,(H,22,24). The summed E-state index contributed by atoms with van der Waals surface area (Å²) < 4.78 is 0. The van der Waals surface area contributed by atoms with E-state index in [0.29, 0.717) is 23.6 Å². The molecule has 0 spiro atoms. The van der Waals surface area contributed by atoms with Crippen molar-refractivity contribution in [2.24, 2.45) is 5.92 Å². The van der Waals surface area contributed by atoms with Crippen LogP contribution in [0.1, 0.15) is 27.9 Å². The zero-order chi connectivity index (χ0) is 16.9. The Bertz CT molecular complexity index is 778. The van der Waals surface area contributed by atoms with E-state index in [9.17, 15) is 4.79 Å². The monoisotopic (exact) mass is 319 g/mol. The van der Waals surface area contributed by atoms with Crippen molar-refractivity contribution >= 4 is 11.6 Å². The molecule has 0 saturated carbocycles. The second kappa shape index (κ2) is 7.18. The first-order valence-corrected chi connectivity index (χ1v) is 8.25. The SMILES string of the molecule is Cc1cccc(N2CCC(CNC(=O)c3cccc(C#N)c3)C2)c1. The highest BCUT2D eigenvalue weighted by Crippen LogP contribution is 2.24. The van der Waals surface area contributed by atoms with Crippen LogP contribution in [0.3, 0.4) is 0 Å². The van der Waals surface area contributed by atoms with Crippen molar-refractivity contribution in [2.45, 2.75) is 13.3 Å². The molecule has 1 aliphatic rings. The Kier molecular flexibility index (Phi) is 4.81. The van der Waals surface area contributed by atoms with E-state index < -0.39 is 0 Å². The highest BCUT2D eigenvalue weighted by atomic mass is 16.1. The van der Waals surface area contributed by atoms with Gasteiger partial charge in [-0.05, 0) is 55.2 Å². The molecule has 1 heterocycles. The number of carbonyl (C=O) groups excluding carboxylic acids is 1. The first-order chi connectivity index (χ1) is 11.7. The number of carbonyl (C=O) groups is 1. The molecule has 1 unspecified atom stereocenters. The summed E-state index contributed by atoms with van der Waals surface area (Å²) in [5, 5.41) is 11.9. The maximum atomic E-state index is 12.2. The predicted molar refractivity (Wildman–Crippen MR) is 95.0 cm³/mol. The molecule has 24 heavy (non-hydrogen) atoms. The third-order valence-corrected chi connectivity index (χ3v) is 4.46. The van der Waals surface area contributed by atoms with Crippen molar-refractivity contribution in [3.63, 3.8) is 0 Å². The summed E-state index contributed by atoms with van der Waals surface area (Å²) >= 11 is 0. The summed E-state index contributed by atoms with van der Waals surface area (Å²) in [6.07, 6.45) is 1.08. The van der Waals surface area contributed by atoms with E-state index in [1.54, 1.807) is 24.3 Å². The molecule has 4 heteroatoms. The number of aryl methyl sites for hydroxylation is 1. The van der Waals surface area contributed by atoms with Crippen LogP contribution in [0, 0.1) is 24.2 Å². The molecular weight excluding hydrogens is 298 g/mol.